The summed E-state index contributed by atoms with van der Waals surface area (Å²) < 4.78 is 0. The normalized spacial score (nSPS) is 45.8. The number of fused-ring (bicyclic) bond motifs is 1. The summed E-state index contributed by atoms with van der Waals surface area (Å²) in [5.74, 6) is 7.70. The fraction of sp³-hybridized carbons (Fsp3) is 1.00. The van der Waals surface area contributed by atoms with Crippen molar-refractivity contribution in [2.24, 2.45) is 17.7 Å². The molecule has 1 aliphatic carbocycles. The summed E-state index contributed by atoms with van der Waals surface area (Å²) >= 11 is 0. The lowest BCUT2D eigenvalue weighted by molar-refractivity contribution is 0.231. The molecule has 0 spiro atoms. The molecule has 1 saturated carbocycles. The summed E-state index contributed by atoms with van der Waals surface area (Å²) in [5, 5.41) is 2.04. The Morgan fingerprint density at radius 2 is 2.00 bits per heavy atom. The number of hydrogen-bond acceptors (Lipinski definition) is 2. The Kier molecular flexibility index (Phi) is 1.90. The van der Waals surface area contributed by atoms with Gasteiger partial charge in [0, 0.05) is 12.6 Å². The molecule has 3 unspecified atom stereocenters. The fourth-order valence-electron chi connectivity index (χ4n) is 2.78. The Bertz CT molecular complexity index is 146. The van der Waals surface area contributed by atoms with Gasteiger partial charge >= 0.3 is 0 Å². The highest BCUT2D eigenvalue weighted by atomic mass is 15.4. The monoisotopic (exact) mass is 154 g/mol. The van der Waals surface area contributed by atoms with Gasteiger partial charge in [-0.1, -0.05) is 12.8 Å². The van der Waals surface area contributed by atoms with Crippen molar-refractivity contribution < 1.29 is 0 Å². The summed E-state index contributed by atoms with van der Waals surface area (Å²) in [6.45, 7) is 3.42. The standard InChI is InChI=1S/C9H18N2/c1-7-9-5-3-2-4-8(9)6-11(7)10/h7-9H,2-6,10H2,1H3. The van der Waals surface area contributed by atoms with E-state index in [4.69, 9.17) is 5.84 Å². The van der Waals surface area contributed by atoms with Crippen molar-refractivity contribution in [2.75, 3.05) is 6.54 Å². The second-order valence-corrected chi connectivity index (χ2v) is 4.15. The minimum atomic E-state index is 0.639. The summed E-state index contributed by atoms with van der Waals surface area (Å²) in [6.07, 6.45) is 5.70. The maximum atomic E-state index is 5.87. The van der Waals surface area contributed by atoms with Crippen molar-refractivity contribution in [3.05, 3.63) is 0 Å². The van der Waals surface area contributed by atoms with Gasteiger partial charge in [0.2, 0.25) is 0 Å². The van der Waals surface area contributed by atoms with Gasteiger partial charge in [0.1, 0.15) is 0 Å². The molecule has 0 aromatic rings. The number of nitrogens with two attached hydrogens (primary N) is 1. The lowest BCUT2D eigenvalue weighted by Gasteiger charge is -2.26. The number of nitrogens with zero attached hydrogens (tertiary/aromatic N) is 1. The minimum absolute atomic E-state index is 0.639. The average Bonchev–Trinajstić information content (AvgIpc) is 2.30. The van der Waals surface area contributed by atoms with Crippen LogP contribution < -0.4 is 5.84 Å². The largest absolute Gasteiger partial charge is 0.269 e. The predicted molar refractivity (Wildman–Crippen MR) is 45.8 cm³/mol. The van der Waals surface area contributed by atoms with Crippen LogP contribution in [0, 0.1) is 11.8 Å². The molecule has 2 heteroatoms. The van der Waals surface area contributed by atoms with E-state index in [1.807, 2.05) is 5.01 Å². The Balaban J connectivity index is 2.05. The third kappa shape index (κ3) is 1.18. The van der Waals surface area contributed by atoms with Gasteiger partial charge in [0.05, 0.1) is 0 Å². The van der Waals surface area contributed by atoms with Crippen LogP contribution in [0.1, 0.15) is 32.6 Å². The predicted octanol–water partition coefficient (Wildman–Crippen LogP) is 1.37. The Labute approximate surface area is 68.7 Å². The van der Waals surface area contributed by atoms with Crippen molar-refractivity contribution in [3.8, 4) is 0 Å². The zero-order chi connectivity index (χ0) is 7.84. The molecular formula is C9H18N2. The lowest BCUT2D eigenvalue weighted by Crippen LogP contribution is -2.35. The summed E-state index contributed by atoms with van der Waals surface area (Å²) in [6, 6.07) is 0.639. The van der Waals surface area contributed by atoms with Gasteiger partial charge in [-0.05, 0) is 31.6 Å². The molecule has 0 amide bonds. The molecular weight excluding hydrogens is 136 g/mol. The highest BCUT2D eigenvalue weighted by Crippen LogP contribution is 2.38. The van der Waals surface area contributed by atoms with Crippen molar-refractivity contribution in [3.63, 3.8) is 0 Å². The van der Waals surface area contributed by atoms with Crippen molar-refractivity contribution >= 4 is 0 Å². The SMILES string of the molecule is CC1C2CCCCC2CN1N. The van der Waals surface area contributed by atoms with Crippen LogP contribution in [0.15, 0.2) is 0 Å². The molecule has 0 bridgehead atoms. The van der Waals surface area contributed by atoms with E-state index in [-0.39, 0.29) is 0 Å². The van der Waals surface area contributed by atoms with Gasteiger partial charge < -0.3 is 0 Å². The van der Waals surface area contributed by atoms with Crippen LogP contribution in [0.3, 0.4) is 0 Å². The molecule has 0 aromatic heterocycles. The second kappa shape index (κ2) is 2.76. The second-order valence-electron chi connectivity index (χ2n) is 4.15. The molecule has 0 aromatic carbocycles. The summed E-state index contributed by atoms with van der Waals surface area (Å²) in [7, 11) is 0. The number of hydrazine groups is 1. The molecule has 2 nitrogen and oxygen atoms in total. The van der Waals surface area contributed by atoms with Gasteiger partial charge in [0.15, 0.2) is 0 Å². The van der Waals surface area contributed by atoms with Crippen LogP contribution in [0.4, 0.5) is 0 Å². The third-order valence-corrected chi connectivity index (χ3v) is 3.56. The number of rotatable bonds is 0. The molecule has 2 aliphatic rings. The molecule has 2 N–H and O–H groups in total. The highest BCUT2D eigenvalue weighted by Gasteiger charge is 2.38. The minimum Gasteiger partial charge on any atom is -0.269 e. The van der Waals surface area contributed by atoms with Crippen LogP contribution in [0.2, 0.25) is 0 Å². The molecule has 1 heterocycles. The maximum Gasteiger partial charge on any atom is 0.0244 e. The van der Waals surface area contributed by atoms with E-state index in [9.17, 15) is 0 Å². The van der Waals surface area contributed by atoms with E-state index >= 15 is 0 Å². The van der Waals surface area contributed by atoms with Crippen LogP contribution in [-0.2, 0) is 0 Å². The number of hydrogen-bond donors (Lipinski definition) is 1. The van der Waals surface area contributed by atoms with Gasteiger partial charge in [-0.15, -0.1) is 0 Å². The smallest absolute Gasteiger partial charge is 0.0244 e. The fourth-order valence-corrected chi connectivity index (χ4v) is 2.78. The average molecular weight is 154 g/mol. The molecule has 2 rings (SSSR count). The Morgan fingerprint density at radius 1 is 1.27 bits per heavy atom. The quantitative estimate of drug-likeness (QED) is 0.534. The van der Waals surface area contributed by atoms with Gasteiger partial charge in [-0.25, -0.2) is 5.01 Å². The highest BCUT2D eigenvalue weighted by molar-refractivity contribution is 4.90. The van der Waals surface area contributed by atoms with Gasteiger partial charge in [-0.2, -0.15) is 0 Å². The molecule has 0 radical (unpaired) electrons. The van der Waals surface area contributed by atoms with E-state index in [2.05, 4.69) is 6.92 Å². The van der Waals surface area contributed by atoms with Gasteiger partial charge in [0.25, 0.3) is 0 Å². The summed E-state index contributed by atoms with van der Waals surface area (Å²) in [4.78, 5) is 0. The van der Waals surface area contributed by atoms with E-state index < -0.39 is 0 Å². The molecule has 3 atom stereocenters. The topological polar surface area (TPSA) is 29.3 Å². The molecule has 1 aliphatic heterocycles. The Hall–Kier alpha value is -0.0800. The molecule has 2 fully saturated rings. The first kappa shape index (κ1) is 7.56. The Morgan fingerprint density at radius 3 is 2.73 bits per heavy atom. The van der Waals surface area contributed by atoms with Crippen molar-refractivity contribution in [2.45, 2.75) is 38.6 Å². The van der Waals surface area contributed by atoms with Crippen molar-refractivity contribution in [1.82, 2.24) is 5.01 Å². The third-order valence-electron chi connectivity index (χ3n) is 3.56. The van der Waals surface area contributed by atoms with E-state index in [1.165, 1.54) is 25.7 Å². The first-order valence-electron chi connectivity index (χ1n) is 4.80. The van der Waals surface area contributed by atoms with E-state index in [0.29, 0.717) is 6.04 Å². The van der Waals surface area contributed by atoms with Crippen LogP contribution >= 0.6 is 0 Å². The lowest BCUT2D eigenvalue weighted by atomic mass is 9.79. The zero-order valence-corrected chi connectivity index (χ0v) is 7.29. The van der Waals surface area contributed by atoms with Crippen molar-refractivity contribution in [1.29, 1.82) is 0 Å². The van der Waals surface area contributed by atoms with Gasteiger partial charge in [-0.3, -0.25) is 5.84 Å². The van der Waals surface area contributed by atoms with Crippen LogP contribution in [-0.4, -0.2) is 17.6 Å². The first-order chi connectivity index (χ1) is 5.29. The molecule has 64 valence electrons. The zero-order valence-electron chi connectivity index (χ0n) is 7.29. The van der Waals surface area contributed by atoms with E-state index in [1.54, 1.807) is 0 Å². The molecule has 11 heavy (non-hydrogen) atoms. The van der Waals surface area contributed by atoms with E-state index in [0.717, 1.165) is 18.4 Å². The first-order valence-corrected chi connectivity index (χ1v) is 4.80. The molecule has 1 saturated heterocycles. The maximum absolute atomic E-state index is 5.87. The van der Waals surface area contributed by atoms with Crippen LogP contribution in [0.25, 0.3) is 0 Å². The summed E-state index contributed by atoms with van der Waals surface area (Å²) in [5.41, 5.74) is 0. The van der Waals surface area contributed by atoms with Crippen LogP contribution in [0.5, 0.6) is 0 Å².